The minimum atomic E-state index is -1.05. The molecule has 0 heterocycles. The van der Waals surface area contributed by atoms with Crippen LogP contribution >= 0.6 is 0 Å². The molecule has 0 spiro atoms. The number of fused-ring (bicyclic) bond motifs is 3. The second-order valence-corrected chi connectivity index (χ2v) is 9.89. The monoisotopic (exact) mass is 478 g/mol. The van der Waals surface area contributed by atoms with Gasteiger partial charge in [-0.05, 0) is 41.0 Å². The lowest BCUT2D eigenvalue weighted by Crippen LogP contribution is -2.51. The molecule has 1 saturated carbocycles. The number of carbonyl (C=O) groups excluding carboxylic acids is 2. The Morgan fingerprint density at radius 1 is 0.943 bits per heavy atom. The highest BCUT2D eigenvalue weighted by Gasteiger charge is 2.35. The number of hydrogen-bond donors (Lipinski definition) is 3. The van der Waals surface area contributed by atoms with Crippen LogP contribution in [-0.2, 0) is 14.3 Å². The summed E-state index contributed by atoms with van der Waals surface area (Å²) < 4.78 is 5.69. The van der Waals surface area contributed by atoms with Gasteiger partial charge < -0.3 is 20.5 Å². The van der Waals surface area contributed by atoms with Crippen molar-refractivity contribution in [2.45, 2.75) is 64.0 Å². The van der Waals surface area contributed by atoms with Crippen LogP contribution in [0.15, 0.2) is 48.5 Å². The van der Waals surface area contributed by atoms with Gasteiger partial charge in [0.05, 0.1) is 5.92 Å². The van der Waals surface area contributed by atoms with Crippen LogP contribution in [0.4, 0.5) is 4.79 Å². The van der Waals surface area contributed by atoms with E-state index in [2.05, 4.69) is 34.9 Å². The third-order valence-corrected chi connectivity index (χ3v) is 7.23. The fourth-order valence-corrected chi connectivity index (χ4v) is 5.36. The summed E-state index contributed by atoms with van der Waals surface area (Å²) in [6, 6.07) is 15.0. The van der Waals surface area contributed by atoms with Gasteiger partial charge >= 0.3 is 12.1 Å². The number of aliphatic carboxylic acids is 1. The molecule has 0 radical (unpaired) electrons. The van der Waals surface area contributed by atoms with Gasteiger partial charge in [0.2, 0.25) is 5.91 Å². The highest BCUT2D eigenvalue weighted by Crippen LogP contribution is 2.44. The molecule has 2 amide bonds. The fourth-order valence-electron chi connectivity index (χ4n) is 5.36. The summed E-state index contributed by atoms with van der Waals surface area (Å²) in [4.78, 5) is 37.5. The molecule has 1 fully saturated rings. The molecule has 186 valence electrons. The summed E-state index contributed by atoms with van der Waals surface area (Å²) >= 11 is 0. The van der Waals surface area contributed by atoms with Crippen molar-refractivity contribution in [3.05, 3.63) is 59.7 Å². The zero-order valence-corrected chi connectivity index (χ0v) is 20.3. The van der Waals surface area contributed by atoms with Crippen LogP contribution in [0.5, 0.6) is 0 Å². The maximum atomic E-state index is 13.0. The molecule has 7 nitrogen and oxygen atoms in total. The Balaban J connectivity index is 1.42. The molecule has 0 saturated heterocycles. The first kappa shape index (κ1) is 24.8. The van der Waals surface area contributed by atoms with Crippen molar-refractivity contribution in [3.63, 3.8) is 0 Å². The lowest BCUT2D eigenvalue weighted by atomic mass is 9.92. The molecular weight excluding hydrogens is 444 g/mol. The second-order valence-electron chi connectivity index (χ2n) is 9.89. The van der Waals surface area contributed by atoms with E-state index in [0.717, 1.165) is 41.5 Å². The van der Waals surface area contributed by atoms with Gasteiger partial charge in [-0.3, -0.25) is 4.79 Å². The van der Waals surface area contributed by atoms with Gasteiger partial charge in [0.15, 0.2) is 0 Å². The summed E-state index contributed by atoms with van der Waals surface area (Å²) in [6.45, 7) is 3.73. The molecular formula is C28H34N2O5. The molecule has 3 atom stereocenters. The SMILES string of the molecule is CC(C)[C@H](NC(=O)[C@H]1CCCCC[C@H]1NC(=O)OCC1c2ccccc2-c2ccccc21)C(=O)O. The van der Waals surface area contributed by atoms with E-state index in [-0.39, 0.29) is 24.3 Å². The largest absolute Gasteiger partial charge is 0.480 e. The van der Waals surface area contributed by atoms with E-state index in [1.165, 1.54) is 0 Å². The number of hydrogen-bond acceptors (Lipinski definition) is 4. The third-order valence-electron chi connectivity index (χ3n) is 7.23. The standard InChI is InChI=1S/C28H34N2O5/c1-17(2)25(27(32)33)30-26(31)22-14-4-3-5-15-24(22)29-28(34)35-16-23-20-12-8-6-10-18(20)19-11-7-9-13-21(19)23/h6-13,17,22-25H,3-5,14-16H2,1-2H3,(H,29,34)(H,30,31)(H,32,33)/t22-,24+,25-/m0/s1. The van der Waals surface area contributed by atoms with E-state index in [1.54, 1.807) is 13.8 Å². The van der Waals surface area contributed by atoms with Crippen LogP contribution in [-0.4, -0.2) is 41.8 Å². The van der Waals surface area contributed by atoms with Gasteiger partial charge in [-0.1, -0.05) is 81.6 Å². The quantitative estimate of drug-likeness (QED) is 0.501. The molecule has 2 aliphatic rings. The van der Waals surface area contributed by atoms with Gasteiger partial charge in [-0.2, -0.15) is 0 Å². The average Bonchev–Trinajstić information content (AvgIpc) is 2.97. The summed E-state index contributed by atoms with van der Waals surface area (Å²) in [7, 11) is 0. The summed E-state index contributed by atoms with van der Waals surface area (Å²) in [5, 5.41) is 15.1. The van der Waals surface area contributed by atoms with Crippen molar-refractivity contribution in [1.29, 1.82) is 0 Å². The zero-order chi connectivity index (χ0) is 24.9. The summed E-state index contributed by atoms with van der Waals surface area (Å²) in [5.41, 5.74) is 4.61. The van der Waals surface area contributed by atoms with Crippen LogP contribution in [0, 0.1) is 11.8 Å². The van der Waals surface area contributed by atoms with Gasteiger partial charge in [0, 0.05) is 12.0 Å². The fraction of sp³-hybridized carbons (Fsp3) is 0.464. The van der Waals surface area contributed by atoms with Crippen molar-refractivity contribution in [1.82, 2.24) is 10.6 Å². The van der Waals surface area contributed by atoms with Crippen molar-refractivity contribution in [3.8, 4) is 11.1 Å². The molecule has 35 heavy (non-hydrogen) atoms. The molecule has 0 unspecified atom stereocenters. The first-order valence-corrected chi connectivity index (χ1v) is 12.5. The lowest BCUT2D eigenvalue weighted by molar-refractivity contribution is -0.144. The van der Waals surface area contributed by atoms with Crippen LogP contribution < -0.4 is 10.6 Å². The molecule has 0 aliphatic heterocycles. The predicted molar refractivity (Wildman–Crippen MR) is 133 cm³/mol. The summed E-state index contributed by atoms with van der Waals surface area (Å²) in [6.07, 6.45) is 3.44. The van der Waals surface area contributed by atoms with Crippen LogP contribution in [0.2, 0.25) is 0 Å². The Morgan fingerprint density at radius 3 is 2.14 bits per heavy atom. The first-order chi connectivity index (χ1) is 16.9. The molecule has 2 aliphatic carbocycles. The number of alkyl carbamates (subject to hydrolysis) is 1. The minimum Gasteiger partial charge on any atom is -0.480 e. The number of nitrogens with one attached hydrogen (secondary N) is 2. The Morgan fingerprint density at radius 2 is 1.54 bits per heavy atom. The maximum absolute atomic E-state index is 13.0. The molecule has 0 bridgehead atoms. The molecule has 0 aromatic heterocycles. The van der Waals surface area contributed by atoms with Gasteiger partial charge in [-0.25, -0.2) is 9.59 Å². The number of carboxylic acid groups (broad SMARTS) is 1. The van der Waals surface area contributed by atoms with Crippen LogP contribution in [0.25, 0.3) is 11.1 Å². The normalized spacial score (nSPS) is 20.3. The number of amides is 2. The molecule has 7 heteroatoms. The third kappa shape index (κ3) is 5.50. The van der Waals surface area contributed by atoms with Crippen LogP contribution in [0.1, 0.15) is 63.0 Å². The average molecular weight is 479 g/mol. The van der Waals surface area contributed by atoms with Crippen molar-refractivity contribution in [2.24, 2.45) is 11.8 Å². The molecule has 2 aromatic rings. The highest BCUT2D eigenvalue weighted by atomic mass is 16.5. The molecule has 3 N–H and O–H groups in total. The molecule has 2 aromatic carbocycles. The van der Waals surface area contributed by atoms with Crippen molar-refractivity contribution in [2.75, 3.05) is 6.61 Å². The second kappa shape index (κ2) is 10.9. The lowest BCUT2D eigenvalue weighted by Gasteiger charge is -2.27. The topological polar surface area (TPSA) is 105 Å². The smallest absolute Gasteiger partial charge is 0.407 e. The number of carbonyl (C=O) groups is 3. The van der Waals surface area contributed by atoms with E-state index < -0.39 is 30.1 Å². The summed E-state index contributed by atoms with van der Waals surface area (Å²) in [5.74, 6) is -2.14. The Bertz CT molecular complexity index is 1040. The zero-order valence-electron chi connectivity index (χ0n) is 20.3. The highest BCUT2D eigenvalue weighted by molar-refractivity contribution is 5.86. The van der Waals surface area contributed by atoms with Crippen molar-refractivity contribution < 1.29 is 24.2 Å². The molecule has 4 rings (SSSR count). The van der Waals surface area contributed by atoms with Gasteiger partial charge in [0.1, 0.15) is 12.6 Å². The predicted octanol–water partition coefficient (Wildman–Crippen LogP) is 4.70. The Kier molecular flexibility index (Phi) is 7.73. The van der Waals surface area contributed by atoms with Crippen LogP contribution in [0.3, 0.4) is 0 Å². The number of carboxylic acids is 1. The Labute approximate surface area is 206 Å². The van der Waals surface area contributed by atoms with E-state index in [4.69, 9.17) is 4.74 Å². The van der Waals surface area contributed by atoms with E-state index >= 15 is 0 Å². The maximum Gasteiger partial charge on any atom is 0.407 e. The van der Waals surface area contributed by atoms with Gasteiger partial charge in [-0.15, -0.1) is 0 Å². The van der Waals surface area contributed by atoms with E-state index in [0.29, 0.717) is 12.8 Å². The number of rotatable bonds is 7. The van der Waals surface area contributed by atoms with Gasteiger partial charge in [0.25, 0.3) is 0 Å². The van der Waals surface area contributed by atoms with Crippen molar-refractivity contribution >= 4 is 18.0 Å². The first-order valence-electron chi connectivity index (χ1n) is 12.5. The number of ether oxygens (including phenoxy) is 1. The van der Waals surface area contributed by atoms with E-state index in [1.807, 2.05) is 24.3 Å². The number of benzene rings is 2. The van der Waals surface area contributed by atoms with E-state index in [9.17, 15) is 19.5 Å². The minimum absolute atomic E-state index is 0.0382. The Hall–Kier alpha value is -3.35.